The van der Waals surface area contributed by atoms with E-state index in [1.165, 1.54) is 31.2 Å². The monoisotopic (exact) mass is 352 g/mol. The molecule has 0 saturated heterocycles. The molecule has 0 bridgehead atoms. The van der Waals surface area contributed by atoms with Gasteiger partial charge < -0.3 is 0 Å². The van der Waals surface area contributed by atoms with Crippen molar-refractivity contribution in [2.45, 2.75) is 24.3 Å². The normalized spacial score (nSPS) is 14.1. The SMILES string of the molecule is Cc1ccc(S(=O)(=O)N[C@](C)(C[N+](=O)[O-])c2ccc(F)cc2)cc1. The van der Waals surface area contributed by atoms with E-state index >= 15 is 0 Å². The fourth-order valence-electron chi connectivity index (χ4n) is 2.33. The number of hydrogen-bond acceptors (Lipinski definition) is 4. The van der Waals surface area contributed by atoms with Crippen LogP contribution in [0, 0.1) is 22.9 Å². The second-order valence-corrected chi connectivity index (χ2v) is 7.43. The van der Waals surface area contributed by atoms with Crippen LogP contribution in [-0.4, -0.2) is 19.9 Å². The van der Waals surface area contributed by atoms with Crippen LogP contribution in [0.2, 0.25) is 0 Å². The third kappa shape index (κ3) is 4.15. The molecule has 24 heavy (non-hydrogen) atoms. The molecule has 0 fully saturated rings. The molecular weight excluding hydrogens is 335 g/mol. The molecule has 1 atom stereocenters. The fraction of sp³-hybridized carbons (Fsp3) is 0.250. The zero-order chi connectivity index (χ0) is 18.0. The van der Waals surface area contributed by atoms with Crippen LogP contribution in [0.1, 0.15) is 18.1 Å². The molecule has 128 valence electrons. The second-order valence-electron chi connectivity index (χ2n) is 5.75. The summed E-state index contributed by atoms with van der Waals surface area (Å²) in [5, 5.41) is 11.0. The second kappa shape index (κ2) is 6.66. The van der Waals surface area contributed by atoms with E-state index in [9.17, 15) is 22.9 Å². The van der Waals surface area contributed by atoms with Gasteiger partial charge in [-0.3, -0.25) is 10.1 Å². The number of nitrogens with one attached hydrogen (secondary N) is 1. The third-order valence-corrected chi connectivity index (χ3v) is 5.23. The number of sulfonamides is 1. The molecule has 1 N–H and O–H groups in total. The van der Waals surface area contributed by atoms with Crippen molar-refractivity contribution < 1.29 is 17.7 Å². The maximum absolute atomic E-state index is 13.1. The van der Waals surface area contributed by atoms with Gasteiger partial charge in [0.1, 0.15) is 11.4 Å². The van der Waals surface area contributed by atoms with Gasteiger partial charge >= 0.3 is 0 Å². The molecule has 0 amide bonds. The molecular formula is C16H17FN2O4S. The summed E-state index contributed by atoms with van der Waals surface area (Å²) >= 11 is 0. The fourth-order valence-corrected chi connectivity index (χ4v) is 3.72. The number of benzene rings is 2. The number of hydrogen-bond donors (Lipinski definition) is 1. The van der Waals surface area contributed by atoms with Gasteiger partial charge in [0.25, 0.3) is 0 Å². The lowest BCUT2D eigenvalue weighted by molar-refractivity contribution is -0.490. The molecule has 0 aliphatic rings. The van der Waals surface area contributed by atoms with Crippen LogP contribution in [0.3, 0.4) is 0 Å². The zero-order valence-electron chi connectivity index (χ0n) is 13.2. The van der Waals surface area contributed by atoms with Gasteiger partial charge in [-0.15, -0.1) is 0 Å². The van der Waals surface area contributed by atoms with Crippen molar-refractivity contribution in [2.24, 2.45) is 0 Å². The van der Waals surface area contributed by atoms with Gasteiger partial charge in [0.2, 0.25) is 16.6 Å². The largest absolute Gasteiger partial charge is 0.264 e. The van der Waals surface area contributed by atoms with Crippen molar-refractivity contribution in [1.82, 2.24) is 4.72 Å². The first-order chi connectivity index (χ1) is 11.1. The number of rotatable bonds is 6. The third-order valence-electron chi connectivity index (χ3n) is 3.62. The topological polar surface area (TPSA) is 89.3 Å². The van der Waals surface area contributed by atoms with E-state index < -0.39 is 32.8 Å². The molecule has 6 nitrogen and oxygen atoms in total. The molecule has 0 radical (unpaired) electrons. The van der Waals surface area contributed by atoms with Crippen LogP contribution in [0.25, 0.3) is 0 Å². The zero-order valence-corrected chi connectivity index (χ0v) is 14.0. The predicted octanol–water partition coefficient (Wildman–Crippen LogP) is 2.60. The molecule has 0 heterocycles. The maximum Gasteiger partial charge on any atom is 0.241 e. The quantitative estimate of drug-likeness (QED) is 0.639. The molecule has 0 aliphatic heterocycles. The van der Waals surface area contributed by atoms with Crippen LogP contribution in [0.15, 0.2) is 53.4 Å². The minimum absolute atomic E-state index is 0.00443. The minimum atomic E-state index is -3.99. The first kappa shape index (κ1) is 18.0. The highest BCUT2D eigenvalue weighted by molar-refractivity contribution is 7.89. The first-order valence-electron chi connectivity index (χ1n) is 7.11. The first-order valence-corrected chi connectivity index (χ1v) is 8.59. The molecule has 0 spiro atoms. The van der Waals surface area contributed by atoms with Gasteiger partial charge in [0, 0.05) is 4.92 Å². The van der Waals surface area contributed by atoms with Crippen LogP contribution in [0.4, 0.5) is 4.39 Å². The predicted molar refractivity (Wildman–Crippen MR) is 87.1 cm³/mol. The summed E-state index contributed by atoms with van der Waals surface area (Å²) in [6.07, 6.45) is 0. The van der Waals surface area contributed by atoms with E-state index in [0.717, 1.165) is 17.7 Å². The summed E-state index contributed by atoms with van der Waals surface area (Å²) in [5.74, 6) is -0.511. The summed E-state index contributed by atoms with van der Waals surface area (Å²) in [6, 6.07) is 11.0. The van der Waals surface area contributed by atoms with Crippen molar-refractivity contribution in [3.05, 3.63) is 75.6 Å². The Bertz CT molecular complexity index is 835. The Morgan fingerprint density at radius 3 is 2.17 bits per heavy atom. The smallest absolute Gasteiger partial charge is 0.241 e. The molecule has 0 aliphatic carbocycles. The summed E-state index contributed by atoms with van der Waals surface area (Å²) in [5.41, 5.74) is -0.321. The molecule has 0 aromatic heterocycles. The lowest BCUT2D eigenvalue weighted by Gasteiger charge is -2.27. The van der Waals surface area contributed by atoms with E-state index in [1.807, 2.05) is 6.92 Å². The summed E-state index contributed by atoms with van der Waals surface area (Å²) in [7, 11) is -3.99. The van der Waals surface area contributed by atoms with Crippen LogP contribution >= 0.6 is 0 Å². The Hall–Kier alpha value is -2.32. The van der Waals surface area contributed by atoms with E-state index in [4.69, 9.17) is 0 Å². The summed E-state index contributed by atoms with van der Waals surface area (Å²) < 4.78 is 40.6. The number of nitrogens with zero attached hydrogens (tertiary/aromatic N) is 1. The molecule has 2 aromatic rings. The van der Waals surface area contributed by atoms with Gasteiger partial charge in [0.05, 0.1) is 4.90 Å². The lowest BCUT2D eigenvalue weighted by atomic mass is 9.93. The summed E-state index contributed by atoms with van der Waals surface area (Å²) in [4.78, 5) is 10.4. The Labute approximate surface area is 139 Å². The van der Waals surface area contributed by atoms with E-state index in [0.29, 0.717) is 5.56 Å². The highest BCUT2D eigenvalue weighted by Crippen LogP contribution is 2.24. The molecule has 2 aromatic carbocycles. The molecule has 0 saturated carbocycles. The van der Waals surface area contributed by atoms with E-state index in [1.54, 1.807) is 12.1 Å². The molecule has 0 unspecified atom stereocenters. The molecule has 8 heteroatoms. The number of nitro groups is 1. The van der Waals surface area contributed by atoms with Crippen molar-refractivity contribution in [1.29, 1.82) is 0 Å². The Morgan fingerprint density at radius 1 is 1.12 bits per heavy atom. The average Bonchev–Trinajstić information content (AvgIpc) is 2.46. The van der Waals surface area contributed by atoms with Crippen molar-refractivity contribution in [3.63, 3.8) is 0 Å². The van der Waals surface area contributed by atoms with Crippen molar-refractivity contribution in [3.8, 4) is 0 Å². The van der Waals surface area contributed by atoms with Crippen LogP contribution < -0.4 is 4.72 Å². The van der Waals surface area contributed by atoms with E-state index in [-0.39, 0.29) is 4.90 Å². The Balaban J connectivity index is 2.43. The van der Waals surface area contributed by atoms with Gasteiger partial charge in [-0.25, -0.2) is 12.8 Å². The molecule has 2 rings (SSSR count). The van der Waals surface area contributed by atoms with Gasteiger partial charge in [-0.05, 0) is 43.7 Å². The van der Waals surface area contributed by atoms with Gasteiger partial charge in [-0.1, -0.05) is 29.8 Å². The van der Waals surface area contributed by atoms with E-state index in [2.05, 4.69) is 4.72 Å². The standard InChI is InChI=1S/C16H17FN2O4S/c1-12-3-9-15(10-4-12)24(22,23)18-16(2,11-19(20)21)13-5-7-14(17)8-6-13/h3-10,18H,11H2,1-2H3/t16-/m1/s1. The Morgan fingerprint density at radius 2 is 1.67 bits per heavy atom. The van der Waals surface area contributed by atoms with Gasteiger partial charge in [-0.2, -0.15) is 4.72 Å². The van der Waals surface area contributed by atoms with Crippen LogP contribution in [-0.2, 0) is 15.6 Å². The highest BCUT2D eigenvalue weighted by atomic mass is 32.2. The minimum Gasteiger partial charge on any atom is -0.264 e. The number of halogens is 1. The van der Waals surface area contributed by atoms with Crippen molar-refractivity contribution >= 4 is 10.0 Å². The van der Waals surface area contributed by atoms with Crippen molar-refractivity contribution in [2.75, 3.05) is 6.54 Å². The average molecular weight is 352 g/mol. The number of aryl methyl sites for hydroxylation is 1. The van der Waals surface area contributed by atoms with Crippen LogP contribution in [0.5, 0.6) is 0 Å². The Kier molecular flexibility index (Phi) is 5.00. The lowest BCUT2D eigenvalue weighted by Crippen LogP contribution is -2.48. The summed E-state index contributed by atoms with van der Waals surface area (Å²) in [6.45, 7) is 2.54. The van der Waals surface area contributed by atoms with Gasteiger partial charge in [0.15, 0.2) is 0 Å². The maximum atomic E-state index is 13.1. The highest BCUT2D eigenvalue weighted by Gasteiger charge is 2.37.